The highest BCUT2D eigenvalue weighted by Crippen LogP contribution is 2.22. The number of anilines is 1. The molecule has 5 nitrogen and oxygen atoms in total. The van der Waals surface area contributed by atoms with Crippen LogP contribution in [-0.4, -0.2) is 37.3 Å². The van der Waals surface area contributed by atoms with Crippen molar-refractivity contribution in [2.75, 3.05) is 25.2 Å². The summed E-state index contributed by atoms with van der Waals surface area (Å²) in [7, 11) is 1.71. The van der Waals surface area contributed by atoms with E-state index < -0.39 is 0 Å². The molecular weight excluding hydrogens is 254 g/mol. The van der Waals surface area contributed by atoms with E-state index in [4.69, 9.17) is 15.7 Å². The third-order valence-electron chi connectivity index (χ3n) is 3.58. The Kier molecular flexibility index (Phi) is 6.31. The topological polar surface area (TPSA) is 71.1 Å². The molecule has 0 heterocycles. The van der Waals surface area contributed by atoms with Gasteiger partial charge in [-0.25, -0.2) is 0 Å². The second kappa shape index (κ2) is 7.75. The zero-order valence-corrected chi connectivity index (χ0v) is 12.8. The molecule has 0 aromatic heterocycles. The minimum absolute atomic E-state index is 0.140. The van der Waals surface area contributed by atoms with E-state index in [9.17, 15) is 0 Å². The Hall–Kier alpha value is -1.75. The number of rotatable bonds is 7. The fraction of sp³-hybridized carbons (Fsp3) is 0.533. The van der Waals surface area contributed by atoms with Gasteiger partial charge in [0.2, 0.25) is 0 Å². The molecule has 0 bridgehead atoms. The van der Waals surface area contributed by atoms with Gasteiger partial charge in [-0.3, -0.25) is 0 Å². The minimum Gasteiger partial charge on any atom is -0.409 e. The van der Waals surface area contributed by atoms with Gasteiger partial charge in [0.15, 0.2) is 5.84 Å². The minimum atomic E-state index is 0.140. The van der Waals surface area contributed by atoms with E-state index >= 15 is 0 Å². The lowest BCUT2D eigenvalue weighted by molar-refractivity contribution is 0.203. The lowest BCUT2D eigenvalue weighted by Crippen LogP contribution is -2.35. The summed E-state index contributed by atoms with van der Waals surface area (Å²) in [6.07, 6.45) is 1.06. The van der Waals surface area contributed by atoms with Crippen LogP contribution >= 0.6 is 0 Å². The number of oxime groups is 1. The van der Waals surface area contributed by atoms with Crippen molar-refractivity contribution in [2.45, 2.75) is 33.2 Å². The third kappa shape index (κ3) is 3.87. The highest BCUT2D eigenvalue weighted by molar-refractivity contribution is 5.98. The Bertz CT molecular complexity index is 460. The van der Waals surface area contributed by atoms with Crippen molar-refractivity contribution in [3.8, 4) is 0 Å². The van der Waals surface area contributed by atoms with Crippen molar-refractivity contribution in [2.24, 2.45) is 10.9 Å². The molecule has 0 saturated carbocycles. The normalized spacial score (nSPS) is 13.3. The monoisotopic (exact) mass is 279 g/mol. The fourth-order valence-corrected chi connectivity index (χ4v) is 2.18. The van der Waals surface area contributed by atoms with E-state index in [1.165, 1.54) is 0 Å². The van der Waals surface area contributed by atoms with E-state index in [-0.39, 0.29) is 5.84 Å². The standard InChI is InChI=1S/C15H25N3O2/c1-5-12(3)18(8-9-20-4)13-6-7-14(11(2)10-13)15(16)17-19/h6-7,10,12,19H,5,8-9H2,1-4H3,(H2,16,17). The summed E-state index contributed by atoms with van der Waals surface area (Å²) >= 11 is 0. The van der Waals surface area contributed by atoms with Crippen LogP contribution < -0.4 is 10.6 Å². The number of nitrogens with two attached hydrogens (primary N) is 1. The summed E-state index contributed by atoms with van der Waals surface area (Å²) in [5, 5.41) is 11.8. The number of ether oxygens (including phenoxy) is 1. The molecule has 0 aliphatic rings. The Morgan fingerprint density at radius 3 is 2.70 bits per heavy atom. The van der Waals surface area contributed by atoms with Gasteiger partial charge in [-0.15, -0.1) is 0 Å². The van der Waals surface area contributed by atoms with Crippen molar-refractivity contribution in [1.82, 2.24) is 0 Å². The van der Waals surface area contributed by atoms with E-state index in [2.05, 4.69) is 30.0 Å². The maximum Gasteiger partial charge on any atom is 0.170 e. The van der Waals surface area contributed by atoms with Gasteiger partial charge < -0.3 is 20.6 Å². The molecule has 0 amide bonds. The number of hydrogen-bond donors (Lipinski definition) is 2. The molecule has 1 atom stereocenters. The molecule has 3 N–H and O–H groups in total. The van der Waals surface area contributed by atoms with E-state index in [0.29, 0.717) is 12.6 Å². The molecule has 0 radical (unpaired) electrons. The molecule has 20 heavy (non-hydrogen) atoms. The zero-order chi connectivity index (χ0) is 15.1. The van der Waals surface area contributed by atoms with Gasteiger partial charge in [0.25, 0.3) is 0 Å². The summed E-state index contributed by atoms with van der Waals surface area (Å²) in [5.74, 6) is 0.140. The Balaban J connectivity index is 3.06. The lowest BCUT2D eigenvalue weighted by Gasteiger charge is -2.31. The Morgan fingerprint density at radius 1 is 1.50 bits per heavy atom. The number of hydrogen-bond acceptors (Lipinski definition) is 4. The maximum absolute atomic E-state index is 8.77. The van der Waals surface area contributed by atoms with Crippen molar-refractivity contribution in [3.63, 3.8) is 0 Å². The van der Waals surface area contributed by atoms with E-state index in [1.807, 2.05) is 19.1 Å². The summed E-state index contributed by atoms with van der Waals surface area (Å²) in [6.45, 7) is 7.85. The Morgan fingerprint density at radius 2 is 2.20 bits per heavy atom. The Labute approximate surface area is 121 Å². The molecule has 0 saturated heterocycles. The van der Waals surface area contributed by atoms with Crippen LogP contribution in [0.15, 0.2) is 23.4 Å². The van der Waals surface area contributed by atoms with Gasteiger partial charge in [-0.05, 0) is 44.0 Å². The van der Waals surface area contributed by atoms with Gasteiger partial charge in [0, 0.05) is 30.9 Å². The van der Waals surface area contributed by atoms with Crippen LogP contribution in [0.2, 0.25) is 0 Å². The molecule has 0 aliphatic heterocycles. The largest absolute Gasteiger partial charge is 0.409 e. The molecule has 0 fully saturated rings. The SMILES string of the molecule is CCC(C)N(CCOC)c1ccc(/C(N)=N/O)c(C)c1. The van der Waals surface area contributed by atoms with Crippen LogP contribution in [-0.2, 0) is 4.74 Å². The molecule has 0 aliphatic carbocycles. The number of amidine groups is 1. The smallest absolute Gasteiger partial charge is 0.170 e. The van der Waals surface area contributed by atoms with E-state index in [0.717, 1.165) is 29.8 Å². The average molecular weight is 279 g/mol. The average Bonchev–Trinajstić information content (AvgIpc) is 2.46. The first-order valence-corrected chi connectivity index (χ1v) is 6.89. The summed E-state index contributed by atoms with van der Waals surface area (Å²) < 4.78 is 5.18. The summed E-state index contributed by atoms with van der Waals surface area (Å²) in [5.41, 5.74) is 8.53. The number of methoxy groups -OCH3 is 1. The fourth-order valence-electron chi connectivity index (χ4n) is 2.18. The second-order valence-electron chi connectivity index (χ2n) is 4.93. The predicted molar refractivity (Wildman–Crippen MR) is 82.7 cm³/mol. The molecule has 1 unspecified atom stereocenters. The summed E-state index contributed by atoms with van der Waals surface area (Å²) in [4.78, 5) is 2.31. The van der Waals surface area contributed by atoms with Gasteiger partial charge >= 0.3 is 0 Å². The second-order valence-corrected chi connectivity index (χ2v) is 4.93. The quantitative estimate of drug-likeness (QED) is 0.348. The molecule has 5 heteroatoms. The zero-order valence-electron chi connectivity index (χ0n) is 12.8. The first kappa shape index (κ1) is 16.3. The molecule has 1 aromatic carbocycles. The molecule has 0 spiro atoms. The van der Waals surface area contributed by atoms with E-state index in [1.54, 1.807) is 7.11 Å². The van der Waals surface area contributed by atoms with Crippen molar-refractivity contribution in [1.29, 1.82) is 0 Å². The van der Waals surface area contributed by atoms with Crippen LogP contribution in [0, 0.1) is 6.92 Å². The van der Waals surface area contributed by atoms with Crippen LogP contribution in [0.1, 0.15) is 31.4 Å². The highest BCUT2D eigenvalue weighted by atomic mass is 16.5. The third-order valence-corrected chi connectivity index (χ3v) is 3.58. The van der Waals surface area contributed by atoms with Crippen molar-refractivity contribution >= 4 is 11.5 Å². The van der Waals surface area contributed by atoms with Crippen LogP contribution in [0.4, 0.5) is 5.69 Å². The predicted octanol–water partition coefficient (Wildman–Crippen LogP) is 2.34. The number of nitrogens with zero attached hydrogens (tertiary/aromatic N) is 2. The van der Waals surface area contributed by atoms with Gasteiger partial charge in [-0.2, -0.15) is 0 Å². The van der Waals surface area contributed by atoms with Crippen LogP contribution in [0.5, 0.6) is 0 Å². The molecule has 112 valence electrons. The molecular formula is C15H25N3O2. The highest BCUT2D eigenvalue weighted by Gasteiger charge is 2.14. The van der Waals surface area contributed by atoms with Crippen molar-refractivity contribution < 1.29 is 9.94 Å². The van der Waals surface area contributed by atoms with Crippen molar-refractivity contribution in [3.05, 3.63) is 29.3 Å². The van der Waals surface area contributed by atoms with Gasteiger partial charge in [0.05, 0.1) is 6.61 Å². The first-order valence-electron chi connectivity index (χ1n) is 6.89. The van der Waals surface area contributed by atoms with Gasteiger partial charge in [-0.1, -0.05) is 12.1 Å². The molecule has 1 aromatic rings. The summed E-state index contributed by atoms with van der Waals surface area (Å²) in [6, 6.07) is 6.39. The molecule has 1 rings (SSSR count). The number of benzene rings is 1. The van der Waals surface area contributed by atoms with Gasteiger partial charge in [0.1, 0.15) is 0 Å². The number of aryl methyl sites for hydroxylation is 1. The van der Waals surface area contributed by atoms with Crippen LogP contribution in [0.25, 0.3) is 0 Å². The first-order chi connectivity index (χ1) is 9.54. The maximum atomic E-state index is 8.77. The van der Waals surface area contributed by atoms with Crippen LogP contribution in [0.3, 0.4) is 0 Å². The lowest BCUT2D eigenvalue weighted by atomic mass is 10.1.